The van der Waals surface area contributed by atoms with Crippen molar-refractivity contribution in [1.29, 1.82) is 0 Å². The van der Waals surface area contributed by atoms with E-state index >= 15 is 0 Å². The van der Waals surface area contributed by atoms with Gasteiger partial charge in [0.05, 0.1) is 24.0 Å². The van der Waals surface area contributed by atoms with Crippen LogP contribution in [0.5, 0.6) is 5.75 Å². The Labute approximate surface area is 167 Å². The number of ether oxygens (including phenoxy) is 2. The molecule has 0 radical (unpaired) electrons. The van der Waals surface area contributed by atoms with Crippen LogP contribution in [0.4, 0.5) is 5.69 Å². The van der Waals surface area contributed by atoms with Crippen LogP contribution in [0.3, 0.4) is 0 Å². The van der Waals surface area contributed by atoms with Crippen LogP contribution >= 0.6 is 0 Å². The summed E-state index contributed by atoms with van der Waals surface area (Å²) in [7, 11) is 0. The second kappa shape index (κ2) is 9.22. The van der Waals surface area contributed by atoms with E-state index in [1.807, 2.05) is 62.4 Å². The second-order valence-corrected chi connectivity index (χ2v) is 7.77. The Morgan fingerprint density at radius 2 is 1.75 bits per heavy atom. The molecule has 1 saturated heterocycles. The van der Waals surface area contributed by atoms with Gasteiger partial charge in [-0.25, -0.2) is 0 Å². The summed E-state index contributed by atoms with van der Waals surface area (Å²) in [6, 6.07) is 15.3. The van der Waals surface area contributed by atoms with Gasteiger partial charge in [-0.05, 0) is 57.5 Å². The Kier molecular flexibility index (Phi) is 6.70. The number of hydrogen-bond acceptors (Lipinski definition) is 4. The molecule has 0 saturated carbocycles. The molecule has 150 valence electrons. The molecule has 1 aliphatic heterocycles. The van der Waals surface area contributed by atoms with Gasteiger partial charge in [-0.1, -0.05) is 24.3 Å². The molecule has 2 aromatic rings. The maximum atomic E-state index is 12.6. The lowest BCUT2D eigenvalue weighted by atomic mass is 10.1. The van der Waals surface area contributed by atoms with E-state index in [9.17, 15) is 4.79 Å². The minimum absolute atomic E-state index is 0.0444. The van der Waals surface area contributed by atoms with Crippen molar-refractivity contribution in [1.82, 2.24) is 4.90 Å². The SMILES string of the molecule is CC(C)Oc1ccccc1NC(=O)c1ccc(CN2CC(C)OC(C)C2)cc1. The fourth-order valence-electron chi connectivity index (χ4n) is 3.55. The first-order valence-corrected chi connectivity index (χ1v) is 9.94. The lowest BCUT2D eigenvalue weighted by Crippen LogP contribution is -2.44. The molecule has 3 rings (SSSR count). The van der Waals surface area contributed by atoms with E-state index in [2.05, 4.69) is 24.1 Å². The van der Waals surface area contributed by atoms with Crippen molar-refractivity contribution < 1.29 is 14.3 Å². The minimum Gasteiger partial charge on any atom is -0.489 e. The van der Waals surface area contributed by atoms with Crippen LogP contribution in [0.15, 0.2) is 48.5 Å². The third-order valence-corrected chi connectivity index (χ3v) is 4.62. The van der Waals surface area contributed by atoms with Crippen molar-refractivity contribution in [3.8, 4) is 5.75 Å². The smallest absolute Gasteiger partial charge is 0.255 e. The van der Waals surface area contributed by atoms with Crippen molar-refractivity contribution in [2.75, 3.05) is 18.4 Å². The lowest BCUT2D eigenvalue weighted by molar-refractivity contribution is -0.0704. The summed E-state index contributed by atoms with van der Waals surface area (Å²) >= 11 is 0. The Morgan fingerprint density at radius 3 is 2.39 bits per heavy atom. The summed E-state index contributed by atoms with van der Waals surface area (Å²) in [6.07, 6.45) is 0.548. The average molecular weight is 383 g/mol. The first-order chi connectivity index (χ1) is 13.4. The maximum Gasteiger partial charge on any atom is 0.255 e. The molecular weight excluding hydrogens is 352 g/mol. The van der Waals surface area contributed by atoms with Crippen LogP contribution in [0.2, 0.25) is 0 Å². The lowest BCUT2D eigenvalue weighted by Gasteiger charge is -2.35. The van der Waals surface area contributed by atoms with Gasteiger partial charge in [0.15, 0.2) is 0 Å². The molecule has 1 fully saturated rings. The highest BCUT2D eigenvalue weighted by Crippen LogP contribution is 2.25. The van der Waals surface area contributed by atoms with E-state index in [0.29, 0.717) is 17.0 Å². The predicted molar refractivity (Wildman–Crippen MR) is 112 cm³/mol. The minimum atomic E-state index is -0.139. The van der Waals surface area contributed by atoms with Crippen molar-refractivity contribution in [3.05, 3.63) is 59.7 Å². The van der Waals surface area contributed by atoms with E-state index in [4.69, 9.17) is 9.47 Å². The molecule has 1 heterocycles. The fourth-order valence-corrected chi connectivity index (χ4v) is 3.55. The zero-order chi connectivity index (χ0) is 20.1. The normalized spacial score (nSPS) is 20.2. The highest BCUT2D eigenvalue weighted by Gasteiger charge is 2.22. The van der Waals surface area contributed by atoms with Gasteiger partial charge in [-0.2, -0.15) is 0 Å². The highest BCUT2D eigenvalue weighted by molar-refractivity contribution is 6.05. The number of carbonyl (C=O) groups is 1. The number of anilines is 1. The van der Waals surface area contributed by atoms with E-state index in [1.165, 1.54) is 5.56 Å². The number of hydrogen-bond donors (Lipinski definition) is 1. The summed E-state index contributed by atoms with van der Waals surface area (Å²) < 4.78 is 11.6. The largest absolute Gasteiger partial charge is 0.489 e. The zero-order valence-electron chi connectivity index (χ0n) is 17.1. The molecule has 1 amide bonds. The Hall–Kier alpha value is -2.37. The molecule has 1 N–H and O–H groups in total. The number of rotatable bonds is 6. The summed E-state index contributed by atoms with van der Waals surface area (Å²) in [6.45, 7) is 10.9. The van der Waals surface area contributed by atoms with E-state index in [1.54, 1.807) is 0 Å². The van der Waals surface area contributed by atoms with Crippen molar-refractivity contribution >= 4 is 11.6 Å². The summed E-state index contributed by atoms with van der Waals surface area (Å²) in [5, 5.41) is 2.95. The topological polar surface area (TPSA) is 50.8 Å². The molecule has 0 aliphatic carbocycles. The van der Waals surface area contributed by atoms with Crippen LogP contribution < -0.4 is 10.1 Å². The molecule has 5 heteroatoms. The van der Waals surface area contributed by atoms with Gasteiger partial charge >= 0.3 is 0 Å². The van der Waals surface area contributed by atoms with Crippen molar-refractivity contribution in [3.63, 3.8) is 0 Å². The van der Waals surface area contributed by atoms with Gasteiger partial charge in [-0.15, -0.1) is 0 Å². The molecule has 1 aliphatic rings. The van der Waals surface area contributed by atoms with Crippen molar-refractivity contribution in [2.45, 2.75) is 52.6 Å². The van der Waals surface area contributed by atoms with Gasteiger partial charge in [0.2, 0.25) is 0 Å². The highest BCUT2D eigenvalue weighted by atomic mass is 16.5. The third kappa shape index (κ3) is 5.57. The summed E-state index contributed by atoms with van der Waals surface area (Å²) in [5.74, 6) is 0.540. The summed E-state index contributed by atoms with van der Waals surface area (Å²) in [5.41, 5.74) is 2.51. The number of carbonyl (C=O) groups excluding carboxylic acids is 1. The number of amides is 1. The van der Waals surface area contributed by atoms with Gasteiger partial charge < -0.3 is 14.8 Å². The molecule has 2 unspecified atom stereocenters. The molecule has 28 heavy (non-hydrogen) atoms. The Morgan fingerprint density at radius 1 is 1.11 bits per heavy atom. The first-order valence-electron chi connectivity index (χ1n) is 9.94. The molecule has 2 aromatic carbocycles. The van der Waals surface area contributed by atoms with E-state index < -0.39 is 0 Å². The van der Waals surface area contributed by atoms with E-state index in [0.717, 1.165) is 19.6 Å². The quantitative estimate of drug-likeness (QED) is 0.808. The second-order valence-electron chi connectivity index (χ2n) is 7.77. The van der Waals surface area contributed by atoms with Gasteiger partial charge in [0.25, 0.3) is 5.91 Å². The predicted octanol–water partition coefficient (Wildman–Crippen LogP) is 4.34. The molecular formula is C23H30N2O3. The number of nitrogens with one attached hydrogen (secondary N) is 1. The van der Waals surface area contributed by atoms with Crippen LogP contribution in [-0.4, -0.2) is 42.2 Å². The molecule has 0 spiro atoms. The fraction of sp³-hybridized carbons (Fsp3) is 0.435. The number of nitrogens with zero attached hydrogens (tertiary/aromatic N) is 1. The van der Waals surface area contributed by atoms with Gasteiger partial charge in [0.1, 0.15) is 5.75 Å². The number of benzene rings is 2. The third-order valence-electron chi connectivity index (χ3n) is 4.62. The molecule has 5 nitrogen and oxygen atoms in total. The van der Waals surface area contributed by atoms with E-state index in [-0.39, 0.29) is 24.2 Å². The summed E-state index contributed by atoms with van der Waals surface area (Å²) in [4.78, 5) is 15.0. The monoisotopic (exact) mass is 382 g/mol. The van der Waals surface area contributed by atoms with Crippen LogP contribution in [0.1, 0.15) is 43.6 Å². The Balaban J connectivity index is 1.63. The van der Waals surface area contributed by atoms with Gasteiger partial charge in [0, 0.05) is 25.2 Å². The average Bonchev–Trinajstić information content (AvgIpc) is 2.62. The molecule has 0 bridgehead atoms. The van der Waals surface area contributed by atoms with Crippen LogP contribution in [0, 0.1) is 0 Å². The molecule has 0 aromatic heterocycles. The zero-order valence-corrected chi connectivity index (χ0v) is 17.1. The number of morpholine rings is 1. The first kappa shape index (κ1) is 20.4. The Bertz CT molecular complexity index is 779. The van der Waals surface area contributed by atoms with Crippen molar-refractivity contribution in [2.24, 2.45) is 0 Å². The standard InChI is InChI=1S/C23H30N2O3/c1-16(2)27-22-8-6-5-7-21(22)24-23(26)20-11-9-19(10-12-20)15-25-13-17(3)28-18(4)14-25/h5-12,16-18H,13-15H2,1-4H3,(H,24,26). The van der Waals surface area contributed by atoms with Crippen LogP contribution in [0.25, 0.3) is 0 Å². The molecule has 2 atom stereocenters. The number of para-hydroxylation sites is 2. The van der Waals surface area contributed by atoms with Crippen LogP contribution in [-0.2, 0) is 11.3 Å². The van der Waals surface area contributed by atoms with Gasteiger partial charge in [-0.3, -0.25) is 9.69 Å². The maximum absolute atomic E-state index is 12.6.